The highest BCUT2D eigenvalue weighted by molar-refractivity contribution is 14.0. The molecule has 0 radical (unpaired) electrons. The number of aliphatic imine (C=N–C) groups is 1. The van der Waals surface area contributed by atoms with Gasteiger partial charge in [0.05, 0.1) is 18.8 Å². The molecule has 0 amide bonds. The van der Waals surface area contributed by atoms with E-state index in [4.69, 9.17) is 9.73 Å². The van der Waals surface area contributed by atoms with Gasteiger partial charge < -0.3 is 19.9 Å². The van der Waals surface area contributed by atoms with Gasteiger partial charge in [0.15, 0.2) is 5.96 Å². The Kier molecular flexibility index (Phi) is 11.0. The van der Waals surface area contributed by atoms with E-state index in [0.29, 0.717) is 18.2 Å². The molecule has 0 saturated carbocycles. The first-order valence-electron chi connectivity index (χ1n) is 9.69. The van der Waals surface area contributed by atoms with Crippen LogP contribution in [0, 0.1) is 11.7 Å². The Labute approximate surface area is 180 Å². The Balaban J connectivity index is 0.00000364. The molecule has 1 N–H and O–H groups in total. The second-order valence-corrected chi connectivity index (χ2v) is 6.74. The summed E-state index contributed by atoms with van der Waals surface area (Å²) in [5.74, 6) is 1.23. The van der Waals surface area contributed by atoms with Crippen molar-refractivity contribution in [2.24, 2.45) is 10.9 Å². The number of hydrogen-bond acceptors (Lipinski definition) is 3. The van der Waals surface area contributed by atoms with Gasteiger partial charge in [0.2, 0.25) is 0 Å². The Hall–Kier alpha value is -1.09. The summed E-state index contributed by atoms with van der Waals surface area (Å²) in [5, 5.41) is 3.32. The number of guanidine groups is 1. The number of hydrogen-bond donors (Lipinski definition) is 1. The SMILES string of the molecule is CCNC(=NCc1ccc(N(CC)CC)c(F)c1)N(C)CC1CCOC1.I. The molecule has 0 bridgehead atoms. The van der Waals surface area contributed by atoms with Crippen LogP contribution in [0.3, 0.4) is 0 Å². The van der Waals surface area contributed by atoms with E-state index in [1.807, 2.05) is 37.9 Å². The van der Waals surface area contributed by atoms with Gasteiger partial charge in [-0.2, -0.15) is 0 Å². The number of nitrogens with one attached hydrogen (secondary N) is 1. The minimum Gasteiger partial charge on any atom is -0.381 e. The smallest absolute Gasteiger partial charge is 0.193 e. The van der Waals surface area contributed by atoms with Crippen molar-refractivity contribution in [3.05, 3.63) is 29.6 Å². The summed E-state index contributed by atoms with van der Waals surface area (Å²) in [6.07, 6.45) is 1.10. The van der Waals surface area contributed by atoms with Gasteiger partial charge in [-0.25, -0.2) is 9.38 Å². The zero-order valence-electron chi connectivity index (χ0n) is 17.0. The Morgan fingerprint density at radius 2 is 2.04 bits per heavy atom. The van der Waals surface area contributed by atoms with Crippen molar-refractivity contribution in [3.63, 3.8) is 0 Å². The molecule has 0 aliphatic carbocycles. The highest BCUT2D eigenvalue weighted by Crippen LogP contribution is 2.21. The van der Waals surface area contributed by atoms with Gasteiger partial charge in [-0.3, -0.25) is 0 Å². The van der Waals surface area contributed by atoms with E-state index < -0.39 is 0 Å². The third-order valence-corrected chi connectivity index (χ3v) is 4.78. The molecule has 27 heavy (non-hydrogen) atoms. The maximum absolute atomic E-state index is 14.4. The van der Waals surface area contributed by atoms with Crippen molar-refractivity contribution < 1.29 is 9.13 Å². The molecule has 154 valence electrons. The number of anilines is 1. The first-order chi connectivity index (χ1) is 12.6. The highest BCUT2D eigenvalue weighted by Gasteiger charge is 2.19. The lowest BCUT2D eigenvalue weighted by Crippen LogP contribution is -2.41. The molecular formula is C20H34FIN4O. The predicted octanol–water partition coefficient (Wildman–Crippen LogP) is 3.72. The van der Waals surface area contributed by atoms with Crippen molar-refractivity contribution in [1.29, 1.82) is 0 Å². The van der Waals surface area contributed by atoms with Crippen molar-refractivity contribution >= 4 is 35.6 Å². The van der Waals surface area contributed by atoms with E-state index in [-0.39, 0.29) is 29.8 Å². The van der Waals surface area contributed by atoms with Crippen LogP contribution in [0.25, 0.3) is 0 Å². The highest BCUT2D eigenvalue weighted by atomic mass is 127. The number of nitrogens with zero attached hydrogens (tertiary/aromatic N) is 3. The van der Waals surface area contributed by atoms with Gasteiger partial charge in [-0.15, -0.1) is 24.0 Å². The number of rotatable bonds is 8. The molecule has 1 heterocycles. The van der Waals surface area contributed by atoms with Crippen LogP contribution in [0.1, 0.15) is 32.8 Å². The number of halogens is 2. The van der Waals surface area contributed by atoms with Crippen molar-refractivity contribution in [2.75, 3.05) is 51.3 Å². The largest absolute Gasteiger partial charge is 0.381 e. The van der Waals surface area contributed by atoms with Crippen LogP contribution in [0.4, 0.5) is 10.1 Å². The summed E-state index contributed by atoms with van der Waals surface area (Å²) in [6.45, 7) is 11.6. The molecule has 1 atom stereocenters. The first-order valence-corrected chi connectivity index (χ1v) is 9.69. The summed E-state index contributed by atoms with van der Waals surface area (Å²) in [5.41, 5.74) is 1.54. The third kappa shape index (κ3) is 7.10. The molecule has 1 saturated heterocycles. The Morgan fingerprint density at radius 1 is 1.30 bits per heavy atom. The summed E-state index contributed by atoms with van der Waals surface area (Å²) >= 11 is 0. The minimum atomic E-state index is -0.178. The van der Waals surface area contributed by atoms with Crippen LogP contribution in [0.5, 0.6) is 0 Å². The number of benzene rings is 1. The molecule has 0 aromatic heterocycles. The molecule has 1 unspecified atom stereocenters. The van der Waals surface area contributed by atoms with Gasteiger partial charge in [-0.05, 0) is 44.9 Å². The first kappa shape index (κ1) is 23.9. The minimum absolute atomic E-state index is 0. The molecule has 5 nitrogen and oxygen atoms in total. The van der Waals surface area contributed by atoms with E-state index >= 15 is 0 Å². The lowest BCUT2D eigenvalue weighted by molar-refractivity contribution is 0.181. The molecular weight excluding hydrogens is 458 g/mol. The van der Waals surface area contributed by atoms with E-state index in [1.165, 1.54) is 0 Å². The molecule has 1 aromatic carbocycles. The molecule has 0 spiro atoms. The standard InChI is InChI=1S/C20H33FN4O.HI/c1-5-22-20(24(4)14-17-10-11-26-15-17)23-13-16-8-9-19(18(21)12-16)25(6-2)7-3;/h8-9,12,17H,5-7,10-11,13-15H2,1-4H3,(H,22,23);1H. The molecule has 1 aliphatic rings. The van der Waals surface area contributed by atoms with Crippen molar-refractivity contribution in [2.45, 2.75) is 33.7 Å². The van der Waals surface area contributed by atoms with Crippen LogP contribution in [0.2, 0.25) is 0 Å². The maximum Gasteiger partial charge on any atom is 0.193 e. The second-order valence-electron chi connectivity index (χ2n) is 6.74. The van der Waals surface area contributed by atoms with E-state index in [9.17, 15) is 4.39 Å². The average Bonchev–Trinajstić information content (AvgIpc) is 3.14. The quantitative estimate of drug-likeness (QED) is 0.341. The van der Waals surface area contributed by atoms with Gasteiger partial charge in [0.1, 0.15) is 5.82 Å². The van der Waals surface area contributed by atoms with Crippen LogP contribution in [-0.2, 0) is 11.3 Å². The Morgan fingerprint density at radius 3 is 2.59 bits per heavy atom. The van der Waals surface area contributed by atoms with E-state index in [0.717, 1.165) is 57.3 Å². The fourth-order valence-electron chi connectivity index (χ4n) is 3.31. The van der Waals surface area contributed by atoms with Crippen molar-refractivity contribution in [1.82, 2.24) is 10.2 Å². The summed E-state index contributed by atoms with van der Waals surface area (Å²) in [6, 6.07) is 5.43. The Bertz CT molecular complexity index is 589. The topological polar surface area (TPSA) is 40.1 Å². The molecule has 1 fully saturated rings. The monoisotopic (exact) mass is 492 g/mol. The van der Waals surface area contributed by atoms with Crippen LogP contribution in [0.15, 0.2) is 23.2 Å². The summed E-state index contributed by atoms with van der Waals surface area (Å²) < 4.78 is 19.9. The zero-order chi connectivity index (χ0) is 18.9. The third-order valence-electron chi connectivity index (χ3n) is 4.78. The van der Waals surface area contributed by atoms with E-state index in [2.05, 4.69) is 17.1 Å². The fraction of sp³-hybridized carbons (Fsp3) is 0.650. The lowest BCUT2D eigenvalue weighted by atomic mass is 10.1. The second kappa shape index (κ2) is 12.4. The van der Waals surface area contributed by atoms with Gasteiger partial charge >= 0.3 is 0 Å². The predicted molar refractivity (Wildman–Crippen MR) is 122 cm³/mol. The molecule has 7 heteroatoms. The molecule has 2 rings (SSSR count). The van der Waals surface area contributed by atoms with Gasteiger partial charge in [0.25, 0.3) is 0 Å². The zero-order valence-corrected chi connectivity index (χ0v) is 19.3. The van der Waals surface area contributed by atoms with E-state index in [1.54, 1.807) is 6.07 Å². The van der Waals surface area contributed by atoms with Crippen LogP contribution >= 0.6 is 24.0 Å². The fourth-order valence-corrected chi connectivity index (χ4v) is 3.31. The van der Waals surface area contributed by atoms with Gasteiger partial charge in [-0.1, -0.05) is 6.07 Å². The number of ether oxygens (including phenoxy) is 1. The normalized spacial score (nSPS) is 16.8. The summed E-state index contributed by atoms with van der Waals surface area (Å²) in [4.78, 5) is 8.85. The maximum atomic E-state index is 14.4. The summed E-state index contributed by atoms with van der Waals surface area (Å²) in [7, 11) is 2.05. The van der Waals surface area contributed by atoms with Crippen LogP contribution in [-0.4, -0.2) is 57.3 Å². The van der Waals surface area contributed by atoms with Crippen LogP contribution < -0.4 is 10.2 Å². The van der Waals surface area contributed by atoms with Gasteiger partial charge in [0, 0.05) is 45.8 Å². The average molecular weight is 492 g/mol. The lowest BCUT2D eigenvalue weighted by Gasteiger charge is -2.24. The molecule has 1 aromatic rings. The van der Waals surface area contributed by atoms with Crippen molar-refractivity contribution in [3.8, 4) is 0 Å². The molecule has 1 aliphatic heterocycles.